The monoisotopic (exact) mass is 523 g/mol. The Morgan fingerprint density at radius 2 is 1.42 bits per heavy atom. The molecule has 3 aromatic carbocycles. The molecule has 2 aliphatic rings. The molecule has 1 saturated heterocycles. The van der Waals surface area contributed by atoms with Crippen LogP contribution in [0.2, 0.25) is 0 Å². The van der Waals surface area contributed by atoms with Crippen LogP contribution in [0.3, 0.4) is 0 Å². The van der Waals surface area contributed by atoms with Gasteiger partial charge < -0.3 is 9.64 Å². The van der Waals surface area contributed by atoms with E-state index in [4.69, 9.17) is 4.74 Å². The lowest BCUT2D eigenvalue weighted by Gasteiger charge is -2.35. The van der Waals surface area contributed by atoms with Crippen molar-refractivity contribution in [2.45, 2.75) is 18.8 Å². The second kappa shape index (κ2) is 12.0. The summed E-state index contributed by atoms with van der Waals surface area (Å²) in [6.07, 6.45) is 1.57. The quantitative estimate of drug-likeness (QED) is 0.434. The third-order valence-corrected chi connectivity index (χ3v) is 7.42. The molecule has 8 heteroatoms. The minimum atomic E-state index is -0.377. The Hall–Kier alpha value is -3.36. The first-order valence-corrected chi connectivity index (χ1v) is 13.1. The van der Waals surface area contributed by atoms with Gasteiger partial charge in [-0.15, -0.1) is 0 Å². The first-order valence-electron chi connectivity index (χ1n) is 13.1. The number of hydrogen-bond acceptors (Lipinski definition) is 4. The van der Waals surface area contributed by atoms with Gasteiger partial charge in [-0.1, -0.05) is 18.2 Å². The van der Waals surface area contributed by atoms with Gasteiger partial charge in [-0.25, -0.2) is 13.2 Å². The number of nitrogens with zero attached hydrogens (tertiary/aromatic N) is 3. The van der Waals surface area contributed by atoms with Gasteiger partial charge in [-0.3, -0.25) is 14.6 Å². The van der Waals surface area contributed by atoms with Crippen molar-refractivity contribution in [2.24, 2.45) is 0 Å². The molecule has 0 aromatic heterocycles. The average Bonchev–Trinajstić information content (AvgIpc) is 3.11. The zero-order valence-corrected chi connectivity index (χ0v) is 21.3. The normalized spacial score (nSPS) is 18.6. The lowest BCUT2D eigenvalue weighted by molar-refractivity contribution is -0.120. The highest BCUT2D eigenvalue weighted by molar-refractivity contribution is 5.96. The third-order valence-electron chi connectivity index (χ3n) is 7.42. The Labute approximate surface area is 221 Å². The fraction of sp³-hybridized carbons (Fsp3) is 0.367. The molecule has 2 aliphatic heterocycles. The molecule has 0 radical (unpaired) electrons. The molecule has 0 unspecified atom stereocenters. The molecule has 1 atom stereocenters. The SMILES string of the molecule is O=C(CN1CCN(CCOc2ccc(F)cc2)CC1)N1CCC[C@@H](c2ccc(F)cc2)c2ccc(F)cc21. The van der Waals surface area contributed by atoms with Crippen LogP contribution in [0.1, 0.15) is 29.9 Å². The first kappa shape index (κ1) is 26.3. The molecular weight excluding hydrogens is 491 g/mol. The predicted octanol–water partition coefficient (Wildman–Crippen LogP) is 5.06. The Kier molecular flexibility index (Phi) is 8.29. The van der Waals surface area contributed by atoms with Crippen molar-refractivity contribution in [2.75, 3.05) is 57.3 Å². The van der Waals surface area contributed by atoms with Crippen LogP contribution in [0.15, 0.2) is 66.7 Å². The van der Waals surface area contributed by atoms with Crippen LogP contribution in [-0.2, 0) is 4.79 Å². The van der Waals surface area contributed by atoms with Gasteiger partial charge in [0.2, 0.25) is 5.91 Å². The zero-order chi connectivity index (χ0) is 26.5. The molecule has 38 heavy (non-hydrogen) atoms. The molecule has 0 saturated carbocycles. The lowest BCUT2D eigenvalue weighted by Crippen LogP contribution is -2.51. The van der Waals surface area contributed by atoms with Gasteiger partial charge >= 0.3 is 0 Å². The van der Waals surface area contributed by atoms with Crippen molar-refractivity contribution in [1.82, 2.24) is 9.80 Å². The maximum Gasteiger partial charge on any atom is 0.241 e. The van der Waals surface area contributed by atoms with E-state index in [0.29, 0.717) is 24.6 Å². The zero-order valence-electron chi connectivity index (χ0n) is 21.3. The summed E-state index contributed by atoms with van der Waals surface area (Å²) in [7, 11) is 0. The first-order chi connectivity index (χ1) is 18.5. The van der Waals surface area contributed by atoms with Crippen LogP contribution >= 0.6 is 0 Å². The number of fused-ring (bicyclic) bond motifs is 1. The van der Waals surface area contributed by atoms with Crippen LogP contribution in [-0.4, -0.2) is 68.1 Å². The van der Waals surface area contributed by atoms with E-state index in [1.54, 1.807) is 35.2 Å². The molecular formula is C30H32F3N3O2. The lowest BCUT2D eigenvalue weighted by atomic mass is 9.87. The molecule has 5 rings (SSSR count). The molecule has 3 aromatic rings. The molecule has 0 N–H and O–H groups in total. The molecule has 2 heterocycles. The second-order valence-corrected chi connectivity index (χ2v) is 9.92. The average molecular weight is 524 g/mol. The highest BCUT2D eigenvalue weighted by Crippen LogP contribution is 2.39. The molecule has 0 bridgehead atoms. The van der Waals surface area contributed by atoms with Crippen LogP contribution in [0, 0.1) is 17.5 Å². The number of hydrogen-bond donors (Lipinski definition) is 0. The molecule has 1 fully saturated rings. The largest absolute Gasteiger partial charge is 0.492 e. The Morgan fingerprint density at radius 3 is 2.13 bits per heavy atom. The van der Waals surface area contributed by atoms with E-state index in [1.165, 1.54) is 36.4 Å². The van der Waals surface area contributed by atoms with Gasteiger partial charge in [0.15, 0.2) is 0 Å². The minimum absolute atomic E-state index is 0.0235. The topological polar surface area (TPSA) is 36.0 Å². The summed E-state index contributed by atoms with van der Waals surface area (Å²) in [4.78, 5) is 19.6. The van der Waals surface area contributed by atoms with Crippen LogP contribution in [0.4, 0.5) is 18.9 Å². The number of amides is 1. The van der Waals surface area contributed by atoms with Crippen LogP contribution in [0.5, 0.6) is 5.75 Å². The van der Waals surface area contributed by atoms with Crippen molar-refractivity contribution in [3.8, 4) is 5.75 Å². The molecule has 5 nitrogen and oxygen atoms in total. The highest BCUT2D eigenvalue weighted by atomic mass is 19.1. The predicted molar refractivity (Wildman–Crippen MR) is 141 cm³/mol. The summed E-state index contributed by atoms with van der Waals surface area (Å²) in [5.74, 6) is -0.373. The van der Waals surface area contributed by atoms with Crippen molar-refractivity contribution in [3.63, 3.8) is 0 Å². The molecule has 0 aliphatic carbocycles. The fourth-order valence-corrected chi connectivity index (χ4v) is 5.35. The third kappa shape index (κ3) is 6.37. The Morgan fingerprint density at radius 1 is 0.789 bits per heavy atom. The highest BCUT2D eigenvalue weighted by Gasteiger charge is 2.29. The van der Waals surface area contributed by atoms with Crippen molar-refractivity contribution < 1.29 is 22.7 Å². The fourth-order valence-electron chi connectivity index (χ4n) is 5.35. The second-order valence-electron chi connectivity index (χ2n) is 9.92. The van der Waals surface area contributed by atoms with E-state index in [9.17, 15) is 18.0 Å². The number of ether oxygens (including phenoxy) is 1. The van der Waals surface area contributed by atoms with E-state index >= 15 is 0 Å². The number of carbonyl (C=O) groups is 1. The summed E-state index contributed by atoms with van der Waals surface area (Å²) in [5, 5.41) is 0. The summed E-state index contributed by atoms with van der Waals surface area (Å²) < 4.78 is 46.6. The van der Waals surface area contributed by atoms with Gasteiger partial charge in [0.1, 0.15) is 29.8 Å². The van der Waals surface area contributed by atoms with Crippen LogP contribution < -0.4 is 9.64 Å². The molecule has 200 valence electrons. The summed E-state index contributed by atoms with van der Waals surface area (Å²) in [5.41, 5.74) is 2.47. The number of benzene rings is 3. The van der Waals surface area contributed by atoms with Crippen LogP contribution in [0.25, 0.3) is 0 Å². The van der Waals surface area contributed by atoms with Gasteiger partial charge in [0.25, 0.3) is 0 Å². The van der Waals surface area contributed by atoms with Crippen molar-refractivity contribution in [1.29, 1.82) is 0 Å². The van der Waals surface area contributed by atoms with Crippen molar-refractivity contribution >= 4 is 11.6 Å². The van der Waals surface area contributed by atoms with Crippen molar-refractivity contribution in [3.05, 3.63) is 95.3 Å². The number of halogens is 3. The molecule has 1 amide bonds. The van der Waals surface area contributed by atoms with E-state index < -0.39 is 0 Å². The smallest absolute Gasteiger partial charge is 0.241 e. The standard InChI is InChI=1S/C30H32F3N3O2/c31-23-5-3-22(4-6-23)27-2-1-13-36(29-20-25(33)9-12-28(27)29)30(37)21-35-16-14-34(15-17-35)18-19-38-26-10-7-24(32)8-11-26/h3-12,20,27H,1-2,13-19,21H2/t27-/m0/s1. The van der Waals surface area contributed by atoms with E-state index in [1.807, 2.05) is 0 Å². The van der Waals surface area contributed by atoms with E-state index in [0.717, 1.165) is 56.7 Å². The Balaban J connectivity index is 1.18. The number of carbonyl (C=O) groups excluding carboxylic acids is 1. The summed E-state index contributed by atoms with van der Waals surface area (Å²) >= 11 is 0. The number of piperazine rings is 1. The summed E-state index contributed by atoms with van der Waals surface area (Å²) in [6.45, 7) is 5.20. The van der Waals surface area contributed by atoms with Gasteiger partial charge in [-0.2, -0.15) is 0 Å². The minimum Gasteiger partial charge on any atom is -0.492 e. The van der Waals surface area contributed by atoms with Gasteiger partial charge in [-0.05, 0) is 72.5 Å². The summed E-state index contributed by atoms with van der Waals surface area (Å²) in [6, 6.07) is 17.1. The maximum absolute atomic E-state index is 14.3. The van der Waals surface area contributed by atoms with Gasteiger partial charge in [0.05, 0.1) is 12.2 Å². The van der Waals surface area contributed by atoms with E-state index in [-0.39, 0.29) is 35.8 Å². The Bertz CT molecular complexity index is 1230. The van der Waals surface area contributed by atoms with Gasteiger partial charge in [0, 0.05) is 45.2 Å². The number of rotatable bonds is 7. The maximum atomic E-state index is 14.3. The molecule has 0 spiro atoms. The number of anilines is 1. The van der Waals surface area contributed by atoms with E-state index in [2.05, 4.69) is 9.80 Å².